The number of amides is 2. The smallest absolute Gasteiger partial charge is 0.269 e. The molecule has 0 N–H and O–H groups in total. The lowest BCUT2D eigenvalue weighted by Crippen LogP contribution is -2.43. The Balaban J connectivity index is 1.81. The highest BCUT2D eigenvalue weighted by molar-refractivity contribution is 6.12. The molecule has 2 aromatic heterocycles. The van der Waals surface area contributed by atoms with Gasteiger partial charge in [-0.1, -0.05) is 54.6 Å². The van der Waals surface area contributed by atoms with Gasteiger partial charge in [0.2, 0.25) is 0 Å². The van der Waals surface area contributed by atoms with E-state index in [1.165, 1.54) is 42.7 Å². The van der Waals surface area contributed by atoms with Crippen LogP contribution < -0.4 is 4.90 Å². The van der Waals surface area contributed by atoms with Crippen LogP contribution in [0, 0.1) is 0 Å². The molecule has 0 spiro atoms. The molecular weight excluding hydrogens is 457 g/mol. The van der Waals surface area contributed by atoms with Crippen molar-refractivity contribution in [1.82, 2.24) is 14.9 Å². The molecule has 2 heterocycles. The number of alkyl halides is 3. The summed E-state index contributed by atoms with van der Waals surface area (Å²) in [5.41, 5.74) is 0.275. The average molecular weight is 476 g/mol. The Bertz CT molecular complexity index is 1300. The van der Waals surface area contributed by atoms with E-state index in [9.17, 15) is 22.8 Å². The van der Waals surface area contributed by atoms with Gasteiger partial charge in [-0.15, -0.1) is 13.2 Å². The first-order valence-corrected chi connectivity index (χ1v) is 10.5. The second kappa shape index (κ2) is 10.2. The van der Waals surface area contributed by atoms with Crippen molar-refractivity contribution in [2.75, 3.05) is 4.90 Å². The first kappa shape index (κ1) is 23.6. The summed E-state index contributed by atoms with van der Waals surface area (Å²) in [6, 6.07) is 23.4. The van der Waals surface area contributed by atoms with Crippen molar-refractivity contribution < 1.29 is 22.8 Å². The van der Waals surface area contributed by atoms with Gasteiger partial charge in [-0.25, -0.2) is 9.88 Å². The van der Waals surface area contributed by atoms with Crippen LogP contribution in [0.2, 0.25) is 0 Å². The number of halogens is 3. The SMILES string of the molecule is O=C(c1ccccn1)N(c1ccccc1)c1ncccc1C(=O)N(Cc1ccccc1)C(F)(F)F. The molecule has 6 nitrogen and oxygen atoms in total. The monoisotopic (exact) mass is 476 g/mol. The molecular formula is C26H19F3N4O2. The van der Waals surface area contributed by atoms with Crippen molar-refractivity contribution in [2.45, 2.75) is 12.8 Å². The maximum absolute atomic E-state index is 14.0. The molecule has 0 saturated heterocycles. The Morgan fingerprint density at radius 2 is 1.34 bits per heavy atom. The summed E-state index contributed by atoms with van der Waals surface area (Å²) in [6.07, 6.45) is -2.24. The third-order valence-corrected chi connectivity index (χ3v) is 5.07. The number of anilines is 2. The predicted molar refractivity (Wildman–Crippen MR) is 124 cm³/mol. The number of hydrogen-bond donors (Lipinski definition) is 0. The minimum absolute atomic E-state index is 0.0392. The van der Waals surface area contributed by atoms with Crippen molar-refractivity contribution in [2.24, 2.45) is 0 Å². The molecule has 2 amide bonds. The van der Waals surface area contributed by atoms with E-state index in [1.54, 1.807) is 60.7 Å². The normalized spacial score (nSPS) is 11.1. The Morgan fingerprint density at radius 1 is 0.714 bits per heavy atom. The second-order valence-electron chi connectivity index (χ2n) is 7.41. The zero-order valence-corrected chi connectivity index (χ0v) is 18.3. The lowest BCUT2D eigenvalue weighted by molar-refractivity contribution is -0.227. The maximum atomic E-state index is 14.0. The molecule has 0 atom stereocenters. The fourth-order valence-electron chi connectivity index (χ4n) is 3.45. The van der Waals surface area contributed by atoms with Crippen LogP contribution in [-0.2, 0) is 6.54 Å². The van der Waals surface area contributed by atoms with E-state index in [-0.39, 0.29) is 22.0 Å². The standard InChI is InChI=1S/C26H19F3N4O2/c27-26(28,29)32(18-19-10-3-1-4-11-19)24(34)21-14-9-17-31-23(21)33(20-12-5-2-6-13-20)25(35)22-15-7-8-16-30-22/h1-17H,18H2. The van der Waals surface area contributed by atoms with Gasteiger partial charge < -0.3 is 0 Å². The van der Waals surface area contributed by atoms with E-state index in [0.29, 0.717) is 11.3 Å². The minimum atomic E-state index is -4.97. The summed E-state index contributed by atoms with van der Waals surface area (Å²) in [5, 5.41) is 0. The Kier molecular flexibility index (Phi) is 6.86. The van der Waals surface area contributed by atoms with Gasteiger partial charge in [0.05, 0.1) is 17.8 Å². The van der Waals surface area contributed by atoms with Crippen molar-refractivity contribution in [3.8, 4) is 0 Å². The number of aromatic nitrogens is 2. The second-order valence-corrected chi connectivity index (χ2v) is 7.41. The zero-order valence-electron chi connectivity index (χ0n) is 18.3. The number of pyridine rings is 2. The summed E-state index contributed by atoms with van der Waals surface area (Å²) < 4.78 is 42.0. The maximum Gasteiger partial charge on any atom is 0.487 e. The number of rotatable bonds is 6. The largest absolute Gasteiger partial charge is 0.487 e. The van der Waals surface area contributed by atoms with Crippen LogP contribution in [0.4, 0.5) is 24.7 Å². The molecule has 9 heteroatoms. The zero-order chi connectivity index (χ0) is 24.8. The minimum Gasteiger partial charge on any atom is -0.269 e. The lowest BCUT2D eigenvalue weighted by atomic mass is 10.1. The number of nitrogens with zero attached hydrogens (tertiary/aromatic N) is 4. The molecule has 0 unspecified atom stereocenters. The van der Waals surface area contributed by atoms with E-state index >= 15 is 0 Å². The van der Waals surface area contributed by atoms with Crippen molar-refractivity contribution in [3.05, 3.63) is 120 Å². The molecule has 0 saturated carbocycles. The number of carbonyl (C=O) groups excluding carboxylic acids is 2. The number of para-hydroxylation sites is 1. The Hall–Kier alpha value is -4.53. The van der Waals surface area contributed by atoms with E-state index in [4.69, 9.17) is 0 Å². The van der Waals surface area contributed by atoms with Crippen LogP contribution in [-0.4, -0.2) is 33.0 Å². The van der Waals surface area contributed by atoms with E-state index < -0.39 is 24.7 Å². The highest BCUT2D eigenvalue weighted by Crippen LogP contribution is 2.32. The summed E-state index contributed by atoms with van der Waals surface area (Å²) >= 11 is 0. The van der Waals surface area contributed by atoms with Crippen molar-refractivity contribution in [1.29, 1.82) is 0 Å². The number of carbonyl (C=O) groups is 2. The van der Waals surface area contributed by atoms with Gasteiger partial charge in [0.25, 0.3) is 11.8 Å². The van der Waals surface area contributed by atoms with Crippen LogP contribution in [0.3, 0.4) is 0 Å². The third kappa shape index (κ3) is 5.35. The summed E-state index contributed by atoms with van der Waals surface area (Å²) in [6.45, 7) is -0.697. The predicted octanol–water partition coefficient (Wildman–Crippen LogP) is 5.62. The first-order valence-electron chi connectivity index (χ1n) is 10.5. The molecule has 0 aliphatic heterocycles. The van der Waals surface area contributed by atoms with Crippen LogP contribution in [0.25, 0.3) is 0 Å². The molecule has 176 valence electrons. The highest BCUT2D eigenvalue weighted by Gasteiger charge is 2.42. The van der Waals surface area contributed by atoms with Gasteiger partial charge in [0.1, 0.15) is 5.69 Å². The van der Waals surface area contributed by atoms with Crippen molar-refractivity contribution >= 4 is 23.3 Å². The summed E-state index contributed by atoms with van der Waals surface area (Å²) in [5.74, 6) is -2.22. The average Bonchev–Trinajstić information content (AvgIpc) is 2.88. The van der Waals surface area contributed by atoms with Crippen LogP contribution in [0.15, 0.2) is 103 Å². The van der Waals surface area contributed by atoms with Crippen LogP contribution in [0.5, 0.6) is 0 Å². The molecule has 0 radical (unpaired) electrons. The van der Waals surface area contributed by atoms with Crippen molar-refractivity contribution in [3.63, 3.8) is 0 Å². The number of benzene rings is 2. The molecule has 35 heavy (non-hydrogen) atoms. The third-order valence-electron chi connectivity index (χ3n) is 5.07. The van der Waals surface area contributed by atoms with Crippen LogP contribution >= 0.6 is 0 Å². The molecule has 0 bridgehead atoms. The van der Waals surface area contributed by atoms with E-state index in [2.05, 4.69) is 9.97 Å². The molecule has 4 aromatic rings. The molecule has 0 aliphatic carbocycles. The molecule has 0 fully saturated rings. The number of hydrogen-bond acceptors (Lipinski definition) is 4. The molecule has 4 rings (SSSR count). The fourth-order valence-corrected chi connectivity index (χ4v) is 3.45. The van der Waals surface area contributed by atoms with Gasteiger partial charge in [-0.2, -0.15) is 0 Å². The topological polar surface area (TPSA) is 66.4 Å². The van der Waals surface area contributed by atoms with Gasteiger partial charge >= 0.3 is 6.30 Å². The molecule has 0 aliphatic rings. The van der Waals surface area contributed by atoms with E-state index in [1.807, 2.05) is 0 Å². The summed E-state index contributed by atoms with van der Waals surface area (Å²) in [7, 11) is 0. The van der Waals surface area contributed by atoms with E-state index in [0.717, 1.165) is 4.90 Å². The van der Waals surface area contributed by atoms with Crippen LogP contribution in [0.1, 0.15) is 26.4 Å². The van der Waals surface area contributed by atoms with Gasteiger partial charge in [0, 0.05) is 12.4 Å². The Morgan fingerprint density at radius 3 is 1.97 bits per heavy atom. The van der Waals surface area contributed by atoms with Gasteiger partial charge in [-0.3, -0.25) is 19.5 Å². The summed E-state index contributed by atoms with van der Waals surface area (Å²) in [4.78, 5) is 35.9. The highest BCUT2D eigenvalue weighted by atomic mass is 19.4. The quantitative estimate of drug-likeness (QED) is 0.339. The lowest BCUT2D eigenvalue weighted by Gasteiger charge is -2.28. The Labute approximate surface area is 199 Å². The van der Waals surface area contributed by atoms with Gasteiger partial charge in [-0.05, 0) is 42.0 Å². The van der Waals surface area contributed by atoms with Gasteiger partial charge in [0.15, 0.2) is 5.82 Å². The fraction of sp³-hybridized carbons (Fsp3) is 0.0769. The first-order chi connectivity index (χ1) is 16.9. The molecule has 2 aromatic carbocycles.